The van der Waals surface area contributed by atoms with Crippen molar-refractivity contribution in [2.24, 2.45) is 0 Å². The molecule has 0 fully saturated rings. The normalized spacial score (nSPS) is 11.7. The van der Waals surface area contributed by atoms with Crippen molar-refractivity contribution in [1.82, 2.24) is 14.5 Å². The summed E-state index contributed by atoms with van der Waals surface area (Å²) in [6, 6.07) is 16.7. The molecule has 0 radical (unpaired) electrons. The number of nitrogens with one attached hydrogen (secondary N) is 1. The summed E-state index contributed by atoms with van der Waals surface area (Å²) in [6.07, 6.45) is 0. The first-order valence-corrected chi connectivity index (χ1v) is 9.55. The van der Waals surface area contributed by atoms with Crippen molar-refractivity contribution >= 4 is 21.6 Å². The number of hydrogen-bond donors (Lipinski definition) is 1. The zero-order valence-corrected chi connectivity index (χ0v) is 15.5. The Balaban J connectivity index is 1.97. The van der Waals surface area contributed by atoms with Gasteiger partial charge in [-0.3, -0.25) is 4.79 Å². The van der Waals surface area contributed by atoms with Gasteiger partial charge in [-0.2, -0.15) is 9.40 Å². The van der Waals surface area contributed by atoms with Crippen molar-refractivity contribution in [2.75, 3.05) is 7.05 Å². The van der Waals surface area contributed by atoms with E-state index in [1.54, 1.807) is 6.07 Å². The molecule has 0 unspecified atom stereocenters. The molecule has 0 bridgehead atoms. The number of aromatic amines is 1. The maximum absolute atomic E-state index is 13.0. The average molecular weight is 390 g/mol. The predicted molar refractivity (Wildman–Crippen MR) is 100 cm³/mol. The molecule has 1 heterocycles. The van der Waals surface area contributed by atoms with Crippen LogP contribution < -0.4 is 5.56 Å². The molecule has 8 heteroatoms. The molecule has 134 valence electrons. The van der Waals surface area contributed by atoms with Gasteiger partial charge in [-0.05, 0) is 23.8 Å². The van der Waals surface area contributed by atoms with Gasteiger partial charge in [0, 0.05) is 25.2 Å². The molecule has 0 aliphatic carbocycles. The first-order chi connectivity index (χ1) is 12.4. The Morgan fingerprint density at radius 2 is 1.81 bits per heavy atom. The van der Waals surface area contributed by atoms with E-state index in [0.717, 1.165) is 5.56 Å². The van der Waals surface area contributed by atoms with Crippen molar-refractivity contribution in [3.63, 3.8) is 0 Å². The molecule has 1 N–H and O–H groups in total. The molecule has 1 aromatic heterocycles. The lowest BCUT2D eigenvalue weighted by atomic mass is 10.1. The minimum Gasteiger partial charge on any atom is -0.268 e. The first-order valence-electron chi connectivity index (χ1n) is 7.74. The molecule has 26 heavy (non-hydrogen) atoms. The van der Waals surface area contributed by atoms with Gasteiger partial charge in [0.25, 0.3) is 5.56 Å². The number of H-pyrrole nitrogens is 1. The van der Waals surface area contributed by atoms with E-state index in [-0.39, 0.29) is 22.0 Å². The second-order valence-corrected chi connectivity index (χ2v) is 8.12. The quantitative estimate of drug-likeness (QED) is 0.727. The van der Waals surface area contributed by atoms with E-state index in [2.05, 4.69) is 10.2 Å². The van der Waals surface area contributed by atoms with Crippen molar-refractivity contribution < 1.29 is 8.42 Å². The van der Waals surface area contributed by atoms with E-state index in [1.807, 2.05) is 30.3 Å². The van der Waals surface area contributed by atoms with E-state index >= 15 is 0 Å². The Morgan fingerprint density at radius 1 is 1.08 bits per heavy atom. The maximum atomic E-state index is 13.0. The van der Waals surface area contributed by atoms with Crippen LogP contribution in [0.3, 0.4) is 0 Å². The monoisotopic (exact) mass is 389 g/mol. The summed E-state index contributed by atoms with van der Waals surface area (Å²) in [5.74, 6) is 0. The van der Waals surface area contributed by atoms with Crippen molar-refractivity contribution in [3.05, 3.63) is 81.6 Å². The molecule has 0 saturated heterocycles. The Morgan fingerprint density at radius 3 is 2.46 bits per heavy atom. The molecule has 0 amide bonds. The zero-order chi connectivity index (χ0) is 18.7. The second-order valence-electron chi connectivity index (χ2n) is 5.70. The fourth-order valence-electron chi connectivity index (χ4n) is 2.46. The number of hydrogen-bond acceptors (Lipinski definition) is 4. The molecule has 0 spiro atoms. The van der Waals surface area contributed by atoms with Gasteiger partial charge >= 0.3 is 0 Å². The van der Waals surface area contributed by atoms with Crippen LogP contribution in [0.4, 0.5) is 0 Å². The lowest BCUT2D eigenvalue weighted by Gasteiger charge is -2.18. The fourth-order valence-corrected chi connectivity index (χ4v) is 4.11. The third-order valence-corrected chi connectivity index (χ3v) is 6.13. The summed E-state index contributed by atoms with van der Waals surface area (Å²) in [7, 11) is -2.30. The van der Waals surface area contributed by atoms with Crippen LogP contribution in [-0.4, -0.2) is 30.0 Å². The Labute approximate surface area is 156 Å². The van der Waals surface area contributed by atoms with Crippen LogP contribution in [0, 0.1) is 0 Å². The Hall–Kier alpha value is -2.48. The van der Waals surface area contributed by atoms with Gasteiger partial charge in [0.15, 0.2) is 0 Å². The van der Waals surface area contributed by atoms with Gasteiger partial charge in [-0.25, -0.2) is 13.5 Å². The second kappa shape index (κ2) is 7.41. The summed E-state index contributed by atoms with van der Waals surface area (Å²) in [5, 5.41) is 6.38. The van der Waals surface area contributed by atoms with Crippen LogP contribution in [-0.2, 0) is 16.6 Å². The summed E-state index contributed by atoms with van der Waals surface area (Å²) >= 11 is 6.16. The summed E-state index contributed by atoms with van der Waals surface area (Å²) in [4.78, 5) is 11.1. The largest absolute Gasteiger partial charge is 0.268 e. The first kappa shape index (κ1) is 18.3. The predicted octanol–water partition coefficient (Wildman–Crippen LogP) is 2.91. The lowest BCUT2D eigenvalue weighted by Crippen LogP contribution is -2.26. The summed E-state index contributed by atoms with van der Waals surface area (Å²) in [5.41, 5.74) is 1.52. The number of rotatable bonds is 5. The highest BCUT2D eigenvalue weighted by molar-refractivity contribution is 7.89. The van der Waals surface area contributed by atoms with Crippen LogP contribution in [0.15, 0.2) is 70.4 Å². The lowest BCUT2D eigenvalue weighted by molar-refractivity contribution is 0.467. The number of halogens is 1. The SMILES string of the molecule is CN(Cc1ccccc1)S(=O)(=O)c1cc(-c2ccc(=O)[nH]n2)ccc1Cl. The van der Waals surface area contributed by atoms with Crippen LogP contribution in [0.2, 0.25) is 5.02 Å². The maximum Gasteiger partial charge on any atom is 0.264 e. The topological polar surface area (TPSA) is 83.1 Å². The van der Waals surface area contributed by atoms with Crippen LogP contribution in [0.5, 0.6) is 0 Å². The van der Waals surface area contributed by atoms with Crippen LogP contribution >= 0.6 is 11.6 Å². The molecular formula is C18H16ClN3O3S. The van der Waals surface area contributed by atoms with E-state index < -0.39 is 10.0 Å². The zero-order valence-electron chi connectivity index (χ0n) is 13.9. The Bertz CT molecular complexity index is 1060. The van der Waals surface area contributed by atoms with Gasteiger partial charge in [-0.1, -0.05) is 48.0 Å². The fraction of sp³-hybridized carbons (Fsp3) is 0.111. The minimum absolute atomic E-state index is 0.0110. The summed E-state index contributed by atoms with van der Waals surface area (Å²) < 4.78 is 27.2. The van der Waals surface area contributed by atoms with E-state index in [9.17, 15) is 13.2 Å². The molecular weight excluding hydrogens is 374 g/mol. The smallest absolute Gasteiger partial charge is 0.264 e. The molecule has 3 rings (SSSR count). The molecule has 3 aromatic rings. The highest BCUT2D eigenvalue weighted by Gasteiger charge is 2.24. The third kappa shape index (κ3) is 3.85. The van der Waals surface area contributed by atoms with Gasteiger partial charge in [-0.15, -0.1) is 0 Å². The van der Waals surface area contributed by atoms with E-state index in [4.69, 9.17) is 11.6 Å². The summed E-state index contributed by atoms with van der Waals surface area (Å²) in [6.45, 7) is 0.223. The standard InChI is InChI=1S/C18H16ClN3O3S/c1-22(12-13-5-3-2-4-6-13)26(24,25)17-11-14(7-8-15(17)19)16-9-10-18(23)21-20-16/h2-11H,12H2,1H3,(H,21,23). The van der Waals surface area contributed by atoms with Gasteiger partial charge < -0.3 is 0 Å². The van der Waals surface area contributed by atoms with Gasteiger partial charge in [0.2, 0.25) is 10.0 Å². The van der Waals surface area contributed by atoms with Gasteiger partial charge in [0.1, 0.15) is 4.90 Å². The highest BCUT2D eigenvalue weighted by Crippen LogP contribution is 2.29. The third-order valence-electron chi connectivity index (χ3n) is 3.84. The minimum atomic E-state index is -3.80. The molecule has 0 aliphatic rings. The Kier molecular flexibility index (Phi) is 5.22. The van der Waals surface area contributed by atoms with Gasteiger partial charge in [0.05, 0.1) is 10.7 Å². The van der Waals surface area contributed by atoms with E-state index in [1.165, 1.54) is 35.6 Å². The molecule has 6 nitrogen and oxygen atoms in total. The molecule has 2 aromatic carbocycles. The average Bonchev–Trinajstić information content (AvgIpc) is 2.63. The number of aromatic nitrogens is 2. The number of nitrogens with zero attached hydrogens (tertiary/aromatic N) is 2. The van der Waals surface area contributed by atoms with Crippen molar-refractivity contribution in [3.8, 4) is 11.3 Å². The molecule has 0 saturated carbocycles. The van der Waals surface area contributed by atoms with Crippen LogP contribution in [0.25, 0.3) is 11.3 Å². The molecule has 0 atom stereocenters. The van der Waals surface area contributed by atoms with Crippen LogP contribution in [0.1, 0.15) is 5.56 Å². The number of benzene rings is 2. The van der Waals surface area contributed by atoms with Crippen molar-refractivity contribution in [2.45, 2.75) is 11.4 Å². The van der Waals surface area contributed by atoms with Crippen molar-refractivity contribution in [1.29, 1.82) is 0 Å². The molecule has 0 aliphatic heterocycles. The number of sulfonamides is 1. The highest BCUT2D eigenvalue weighted by atomic mass is 35.5. The van der Waals surface area contributed by atoms with E-state index in [0.29, 0.717) is 11.3 Å².